The van der Waals surface area contributed by atoms with Crippen LogP contribution in [-0.2, 0) is 11.0 Å². The summed E-state index contributed by atoms with van der Waals surface area (Å²) in [5.41, 5.74) is 2.22. The maximum atomic E-state index is 12.8. The molecule has 0 aliphatic carbocycles. The lowest BCUT2D eigenvalue weighted by Gasteiger charge is -2.22. The van der Waals surface area contributed by atoms with Crippen LogP contribution in [0.15, 0.2) is 48.5 Å². The van der Waals surface area contributed by atoms with Crippen molar-refractivity contribution in [1.82, 2.24) is 10.6 Å². The van der Waals surface area contributed by atoms with Crippen LogP contribution in [-0.4, -0.2) is 19.0 Å². The predicted molar refractivity (Wildman–Crippen MR) is 98.3 cm³/mol. The molecule has 2 N–H and O–H groups in total. The first-order chi connectivity index (χ1) is 12.8. The van der Waals surface area contributed by atoms with Gasteiger partial charge in [-0.2, -0.15) is 13.2 Å². The number of carbonyl (C=O) groups excluding carboxylic acids is 1. The zero-order valence-electron chi connectivity index (χ0n) is 15.3. The van der Waals surface area contributed by atoms with Crippen molar-refractivity contribution in [2.75, 3.05) is 13.1 Å². The van der Waals surface area contributed by atoms with Crippen LogP contribution in [0.3, 0.4) is 0 Å². The first-order valence-electron chi connectivity index (χ1n) is 9.00. The maximum absolute atomic E-state index is 12.8. The molecule has 0 saturated carbocycles. The van der Waals surface area contributed by atoms with Crippen molar-refractivity contribution >= 4 is 5.91 Å². The molecule has 27 heavy (non-hydrogen) atoms. The molecule has 1 aliphatic rings. The number of benzene rings is 2. The number of rotatable bonds is 4. The van der Waals surface area contributed by atoms with Gasteiger partial charge >= 0.3 is 6.18 Å². The summed E-state index contributed by atoms with van der Waals surface area (Å²) >= 11 is 0. The van der Waals surface area contributed by atoms with Crippen LogP contribution in [0.25, 0.3) is 0 Å². The van der Waals surface area contributed by atoms with E-state index in [0.29, 0.717) is 13.1 Å². The van der Waals surface area contributed by atoms with Crippen molar-refractivity contribution in [3.05, 3.63) is 70.8 Å². The van der Waals surface area contributed by atoms with Crippen molar-refractivity contribution in [3.8, 4) is 0 Å². The van der Waals surface area contributed by atoms with E-state index in [0.717, 1.165) is 28.8 Å². The van der Waals surface area contributed by atoms with Gasteiger partial charge in [-0.25, -0.2) is 0 Å². The summed E-state index contributed by atoms with van der Waals surface area (Å²) in [5.74, 6) is -0.537. The first kappa shape index (κ1) is 19.4. The van der Waals surface area contributed by atoms with E-state index in [2.05, 4.69) is 10.6 Å². The molecule has 2 aromatic carbocycles. The topological polar surface area (TPSA) is 41.1 Å². The predicted octanol–water partition coefficient (Wildman–Crippen LogP) is 4.19. The first-order valence-corrected chi connectivity index (χ1v) is 9.00. The van der Waals surface area contributed by atoms with E-state index in [9.17, 15) is 18.0 Å². The molecule has 6 heteroatoms. The molecule has 0 radical (unpaired) electrons. The number of halogens is 3. The van der Waals surface area contributed by atoms with E-state index in [-0.39, 0.29) is 23.8 Å². The summed E-state index contributed by atoms with van der Waals surface area (Å²) in [4.78, 5) is 12.8. The summed E-state index contributed by atoms with van der Waals surface area (Å²) < 4.78 is 38.3. The molecule has 1 heterocycles. The molecule has 0 unspecified atom stereocenters. The van der Waals surface area contributed by atoms with Crippen molar-refractivity contribution < 1.29 is 18.0 Å². The van der Waals surface area contributed by atoms with Crippen molar-refractivity contribution in [3.63, 3.8) is 0 Å². The van der Waals surface area contributed by atoms with Gasteiger partial charge in [-0.15, -0.1) is 0 Å². The van der Waals surface area contributed by atoms with Gasteiger partial charge in [-0.1, -0.05) is 42.0 Å². The van der Waals surface area contributed by atoms with Crippen molar-refractivity contribution in [2.45, 2.75) is 32.0 Å². The standard InChI is InChI=1S/C21H23F3N2O/c1-13-4-3-5-16(10-13)14(2)26-20(27)19-12-25-11-18(19)15-6-8-17(9-7-15)21(22,23)24/h3-10,14,18-19,25H,11-12H2,1-2H3,(H,26,27)/t14-,18+,19-/m1/s1. The molecule has 3 rings (SSSR count). The molecule has 0 aromatic heterocycles. The van der Waals surface area contributed by atoms with E-state index >= 15 is 0 Å². The van der Waals surface area contributed by atoms with Gasteiger partial charge < -0.3 is 10.6 Å². The molecule has 3 nitrogen and oxygen atoms in total. The van der Waals surface area contributed by atoms with Crippen LogP contribution < -0.4 is 10.6 Å². The number of aryl methyl sites for hydroxylation is 1. The Balaban J connectivity index is 1.71. The fraction of sp³-hybridized carbons (Fsp3) is 0.381. The Morgan fingerprint density at radius 2 is 1.85 bits per heavy atom. The van der Waals surface area contributed by atoms with Crippen molar-refractivity contribution in [1.29, 1.82) is 0 Å². The highest BCUT2D eigenvalue weighted by molar-refractivity contribution is 5.81. The zero-order valence-corrected chi connectivity index (χ0v) is 15.3. The Hall–Kier alpha value is -2.34. The lowest BCUT2D eigenvalue weighted by molar-refractivity contribution is -0.137. The average molecular weight is 376 g/mol. The Morgan fingerprint density at radius 1 is 1.15 bits per heavy atom. The van der Waals surface area contributed by atoms with E-state index in [4.69, 9.17) is 0 Å². The minimum atomic E-state index is -4.35. The largest absolute Gasteiger partial charge is 0.416 e. The van der Waals surface area contributed by atoms with Crippen LogP contribution in [0.2, 0.25) is 0 Å². The molecule has 1 aliphatic heterocycles. The van der Waals surface area contributed by atoms with Gasteiger partial charge in [0.15, 0.2) is 0 Å². The third kappa shape index (κ3) is 4.50. The van der Waals surface area contributed by atoms with Gasteiger partial charge in [0, 0.05) is 19.0 Å². The van der Waals surface area contributed by atoms with E-state index in [1.165, 1.54) is 12.1 Å². The Bertz CT molecular complexity index is 802. The quantitative estimate of drug-likeness (QED) is 0.840. The fourth-order valence-corrected chi connectivity index (χ4v) is 3.57. The molecule has 0 spiro atoms. The van der Waals surface area contributed by atoms with Crippen LogP contribution in [0.4, 0.5) is 13.2 Å². The molecule has 1 saturated heterocycles. The van der Waals surface area contributed by atoms with Gasteiger partial charge in [0.2, 0.25) is 5.91 Å². The second-order valence-electron chi connectivity index (χ2n) is 7.14. The molecule has 2 aromatic rings. The van der Waals surface area contributed by atoms with Crippen LogP contribution in [0.5, 0.6) is 0 Å². The van der Waals surface area contributed by atoms with Gasteiger partial charge in [0.05, 0.1) is 17.5 Å². The summed E-state index contributed by atoms with van der Waals surface area (Å²) in [6.07, 6.45) is -4.35. The lowest BCUT2D eigenvalue weighted by Crippen LogP contribution is -2.36. The number of amides is 1. The van der Waals surface area contributed by atoms with Gasteiger partial charge in [0.25, 0.3) is 0 Å². The second-order valence-corrected chi connectivity index (χ2v) is 7.14. The summed E-state index contributed by atoms with van der Waals surface area (Å²) in [7, 11) is 0. The highest BCUT2D eigenvalue weighted by atomic mass is 19.4. The summed E-state index contributed by atoms with van der Waals surface area (Å²) in [6.45, 7) is 5.02. The fourth-order valence-electron chi connectivity index (χ4n) is 3.57. The number of hydrogen-bond donors (Lipinski definition) is 2. The molecule has 0 bridgehead atoms. The van der Waals surface area contributed by atoms with Crippen molar-refractivity contribution in [2.24, 2.45) is 5.92 Å². The number of hydrogen-bond acceptors (Lipinski definition) is 2. The number of nitrogens with one attached hydrogen (secondary N) is 2. The third-order valence-electron chi connectivity index (χ3n) is 5.12. The number of carbonyl (C=O) groups is 1. The summed E-state index contributed by atoms with van der Waals surface area (Å²) in [6, 6.07) is 12.9. The van der Waals surface area contributed by atoms with Crippen LogP contribution >= 0.6 is 0 Å². The van der Waals surface area contributed by atoms with Crippen LogP contribution in [0, 0.1) is 12.8 Å². The molecule has 3 atom stereocenters. The molecular weight excluding hydrogens is 353 g/mol. The minimum absolute atomic E-state index is 0.0843. The molecular formula is C21H23F3N2O. The maximum Gasteiger partial charge on any atom is 0.416 e. The van der Waals surface area contributed by atoms with E-state index < -0.39 is 11.7 Å². The molecule has 144 valence electrons. The van der Waals surface area contributed by atoms with Crippen LogP contribution in [0.1, 0.15) is 41.1 Å². The normalized spacial score (nSPS) is 21.1. The van der Waals surface area contributed by atoms with E-state index in [1.54, 1.807) is 0 Å². The zero-order chi connectivity index (χ0) is 19.6. The average Bonchev–Trinajstić information content (AvgIpc) is 3.11. The lowest BCUT2D eigenvalue weighted by atomic mass is 9.87. The molecule has 1 amide bonds. The molecule has 1 fully saturated rings. The van der Waals surface area contributed by atoms with Gasteiger partial charge in [-0.3, -0.25) is 4.79 Å². The minimum Gasteiger partial charge on any atom is -0.349 e. The second kappa shape index (κ2) is 7.72. The highest BCUT2D eigenvalue weighted by Crippen LogP contribution is 2.33. The van der Waals surface area contributed by atoms with Gasteiger partial charge in [-0.05, 0) is 37.1 Å². The Labute approximate surface area is 157 Å². The Kier molecular flexibility index (Phi) is 5.56. The monoisotopic (exact) mass is 376 g/mol. The smallest absolute Gasteiger partial charge is 0.349 e. The number of alkyl halides is 3. The SMILES string of the molecule is Cc1cccc([C@@H](C)NC(=O)[C@@H]2CNC[C@H]2c2ccc(C(F)(F)F)cc2)c1. The Morgan fingerprint density at radius 3 is 2.48 bits per heavy atom. The summed E-state index contributed by atoms with van der Waals surface area (Å²) in [5, 5.41) is 6.23. The third-order valence-corrected chi connectivity index (χ3v) is 5.12. The van der Waals surface area contributed by atoms with E-state index in [1.807, 2.05) is 38.1 Å². The highest BCUT2D eigenvalue weighted by Gasteiger charge is 2.35. The van der Waals surface area contributed by atoms with Gasteiger partial charge in [0.1, 0.15) is 0 Å².